The monoisotopic (exact) mass is 238 g/mol. The molecule has 2 heteroatoms. The second-order valence-electron chi connectivity index (χ2n) is 4.29. The topological polar surface area (TPSA) is 24.9 Å². The van der Waals surface area contributed by atoms with Gasteiger partial charge in [-0.25, -0.2) is 0 Å². The largest absolute Gasteiger partial charge is 0.299 e. The van der Waals surface area contributed by atoms with Crippen molar-refractivity contribution in [3.63, 3.8) is 0 Å². The molecule has 18 heavy (non-hydrogen) atoms. The Morgan fingerprint density at radius 1 is 1.11 bits per heavy atom. The van der Waals surface area contributed by atoms with Crippen LogP contribution >= 0.6 is 0 Å². The summed E-state index contributed by atoms with van der Waals surface area (Å²) in [6.45, 7) is 5.91. The molecule has 0 saturated carbocycles. The fraction of sp³-hybridized carbons (Fsp3) is 0.188. The van der Waals surface area contributed by atoms with E-state index in [0.29, 0.717) is 0 Å². The van der Waals surface area contributed by atoms with Gasteiger partial charge in [-0.3, -0.25) is 10.3 Å². The van der Waals surface area contributed by atoms with Crippen molar-refractivity contribution in [2.75, 3.05) is 0 Å². The van der Waals surface area contributed by atoms with Crippen molar-refractivity contribution < 1.29 is 0 Å². The van der Waals surface area contributed by atoms with Crippen LogP contribution in [-0.4, -0.2) is 11.0 Å². The smallest absolute Gasteiger partial charge is 0.0755 e. The second kappa shape index (κ2) is 6.12. The fourth-order valence-corrected chi connectivity index (χ4v) is 1.88. The van der Waals surface area contributed by atoms with Crippen LogP contribution in [-0.2, 0) is 0 Å². The van der Waals surface area contributed by atoms with E-state index in [1.165, 1.54) is 5.56 Å². The zero-order valence-electron chi connectivity index (χ0n) is 10.6. The van der Waals surface area contributed by atoms with E-state index in [1.54, 1.807) is 0 Å². The highest BCUT2D eigenvalue weighted by molar-refractivity contribution is 5.27. The minimum Gasteiger partial charge on any atom is -0.299 e. The first-order valence-electron chi connectivity index (χ1n) is 6.15. The molecule has 0 aliphatic carbocycles. The van der Waals surface area contributed by atoms with E-state index in [9.17, 15) is 0 Å². The van der Waals surface area contributed by atoms with E-state index in [2.05, 4.69) is 35.9 Å². The lowest BCUT2D eigenvalue weighted by molar-refractivity contribution is 0.552. The summed E-state index contributed by atoms with van der Waals surface area (Å²) in [6, 6.07) is 16.7. The van der Waals surface area contributed by atoms with Gasteiger partial charge in [0.05, 0.1) is 11.7 Å². The van der Waals surface area contributed by atoms with Crippen LogP contribution in [0.1, 0.15) is 24.2 Å². The zero-order valence-corrected chi connectivity index (χ0v) is 10.6. The van der Waals surface area contributed by atoms with Gasteiger partial charge in [0.1, 0.15) is 0 Å². The van der Waals surface area contributed by atoms with Gasteiger partial charge in [-0.05, 0) is 24.6 Å². The first-order chi connectivity index (χ1) is 8.81. The minimum absolute atomic E-state index is 0.0976. The lowest BCUT2D eigenvalue weighted by atomic mass is 10.0. The molecule has 0 bridgehead atoms. The molecule has 0 radical (unpaired) electrons. The Bertz CT molecular complexity index is 439. The third-order valence-corrected chi connectivity index (χ3v) is 2.90. The molecular formula is C16H18N2. The maximum atomic E-state index is 4.45. The number of rotatable bonds is 5. The second-order valence-corrected chi connectivity index (χ2v) is 4.29. The van der Waals surface area contributed by atoms with E-state index in [0.717, 1.165) is 5.69 Å². The van der Waals surface area contributed by atoms with Crippen LogP contribution in [0, 0.1) is 0 Å². The maximum Gasteiger partial charge on any atom is 0.0755 e. The predicted octanol–water partition coefficient (Wildman–Crippen LogP) is 3.34. The van der Waals surface area contributed by atoms with E-state index in [4.69, 9.17) is 0 Å². The lowest BCUT2D eigenvalue weighted by Gasteiger charge is -2.21. The number of hydrogen-bond acceptors (Lipinski definition) is 2. The third-order valence-electron chi connectivity index (χ3n) is 2.90. The molecular weight excluding hydrogens is 220 g/mol. The van der Waals surface area contributed by atoms with Crippen molar-refractivity contribution in [1.82, 2.24) is 10.3 Å². The summed E-state index contributed by atoms with van der Waals surface area (Å²) in [6.07, 6.45) is 3.73. The summed E-state index contributed by atoms with van der Waals surface area (Å²) in [5, 5.41) is 3.52. The summed E-state index contributed by atoms with van der Waals surface area (Å²) in [5.74, 6) is 0. The van der Waals surface area contributed by atoms with Gasteiger partial charge < -0.3 is 0 Å². The first-order valence-corrected chi connectivity index (χ1v) is 6.15. The van der Waals surface area contributed by atoms with E-state index >= 15 is 0 Å². The Labute approximate surface area is 108 Å². The number of nitrogens with zero attached hydrogens (tertiary/aromatic N) is 1. The minimum atomic E-state index is 0.0976. The molecule has 0 saturated heterocycles. The SMILES string of the molecule is C=CC(C)NC(c1ccccc1)c1ccccn1. The molecule has 2 rings (SSSR count). The first kappa shape index (κ1) is 12.5. The Morgan fingerprint density at radius 2 is 1.83 bits per heavy atom. The fourth-order valence-electron chi connectivity index (χ4n) is 1.88. The van der Waals surface area contributed by atoms with Gasteiger partial charge in [-0.2, -0.15) is 0 Å². The molecule has 0 spiro atoms. The van der Waals surface area contributed by atoms with Gasteiger partial charge in [0.15, 0.2) is 0 Å². The highest BCUT2D eigenvalue weighted by Gasteiger charge is 2.15. The van der Waals surface area contributed by atoms with Gasteiger partial charge in [0.2, 0.25) is 0 Å². The van der Waals surface area contributed by atoms with Crippen molar-refractivity contribution in [1.29, 1.82) is 0 Å². The van der Waals surface area contributed by atoms with Crippen molar-refractivity contribution in [2.24, 2.45) is 0 Å². The van der Waals surface area contributed by atoms with E-state index in [-0.39, 0.29) is 12.1 Å². The van der Waals surface area contributed by atoms with Crippen LogP contribution in [0.2, 0.25) is 0 Å². The molecule has 0 aliphatic rings. The average molecular weight is 238 g/mol. The van der Waals surface area contributed by atoms with Crippen molar-refractivity contribution in [2.45, 2.75) is 19.0 Å². The van der Waals surface area contributed by atoms with E-state index in [1.807, 2.05) is 48.7 Å². The number of nitrogens with one attached hydrogen (secondary N) is 1. The molecule has 0 amide bonds. The summed E-state index contributed by atoms with van der Waals surface area (Å²) in [7, 11) is 0. The molecule has 1 N–H and O–H groups in total. The number of hydrogen-bond donors (Lipinski definition) is 1. The van der Waals surface area contributed by atoms with Crippen LogP contribution in [0.4, 0.5) is 0 Å². The molecule has 2 atom stereocenters. The molecule has 2 nitrogen and oxygen atoms in total. The van der Waals surface area contributed by atoms with Crippen LogP contribution in [0.15, 0.2) is 67.4 Å². The average Bonchev–Trinajstić information content (AvgIpc) is 2.46. The van der Waals surface area contributed by atoms with Crippen molar-refractivity contribution in [3.8, 4) is 0 Å². The third kappa shape index (κ3) is 3.05. The van der Waals surface area contributed by atoms with Gasteiger partial charge >= 0.3 is 0 Å². The molecule has 1 heterocycles. The van der Waals surface area contributed by atoms with Gasteiger partial charge in [0.25, 0.3) is 0 Å². The standard InChI is InChI=1S/C16H18N2/c1-3-13(2)18-16(14-9-5-4-6-10-14)15-11-7-8-12-17-15/h3-13,16,18H,1H2,2H3. The summed E-state index contributed by atoms with van der Waals surface area (Å²) in [5.41, 5.74) is 2.24. The zero-order chi connectivity index (χ0) is 12.8. The van der Waals surface area contributed by atoms with E-state index < -0.39 is 0 Å². The highest BCUT2D eigenvalue weighted by Crippen LogP contribution is 2.20. The van der Waals surface area contributed by atoms with Crippen LogP contribution in [0.3, 0.4) is 0 Å². The van der Waals surface area contributed by atoms with Crippen LogP contribution in [0.5, 0.6) is 0 Å². The molecule has 2 unspecified atom stereocenters. The van der Waals surface area contributed by atoms with Crippen LogP contribution in [0.25, 0.3) is 0 Å². The molecule has 0 aliphatic heterocycles. The highest BCUT2D eigenvalue weighted by atomic mass is 15.0. The van der Waals surface area contributed by atoms with Gasteiger partial charge in [-0.15, -0.1) is 6.58 Å². The normalized spacial score (nSPS) is 13.8. The summed E-state index contributed by atoms with van der Waals surface area (Å²) < 4.78 is 0. The molecule has 92 valence electrons. The Kier molecular flexibility index (Phi) is 4.26. The quantitative estimate of drug-likeness (QED) is 0.808. The summed E-state index contributed by atoms with van der Waals surface area (Å²) >= 11 is 0. The number of pyridine rings is 1. The molecule has 1 aromatic carbocycles. The lowest BCUT2D eigenvalue weighted by Crippen LogP contribution is -2.30. The predicted molar refractivity (Wildman–Crippen MR) is 75.3 cm³/mol. The van der Waals surface area contributed by atoms with Gasteiger partial charge in [-0.1, -0.05) is 42.5 Å². The van der Waals surface area contributed by atoms with Crippen molar-refractivity contribution >= 4 is 0 Å². The number of benzene rings is 1. The summed E-state index contributed by atoms with van der Waals surface area (Å²) in [4.78, 5) is 4.45. The van der Waals surface area contributed by atoms with Gasteiger partial charge in [0, 0.05) is 12.2 Å². The Hall–Kier alpha value is -1.93. The Balaban J connectivity index is 2.32. The molecule has 2 aromatic rings. The Morgan fingerprint density at radius 3 is 2.44 bits per heavy atom. The maximum absolute atomic E-state index is 4.45. The number of aromatic nitrogens is 1. The molecule has 1 aromatic heterocycles. The van der Waals surface area contributed by atoms with Crippen LogP contribution < -0.4 is 5.32 Å². The van der Waals surface area contributed by atoms with Crippen molar-refractivity contribution in [3.05, 3.63) is 78.6 Å². The molecule has 0 fully saturated rings.